The number of hydrogen-bond acceptors (Lipinski definition) is 3. The number of nitrogens with one attached hydrogen (secondary N) is 2. The number of carbonyl (C=O) groups excluding carboxylic acids is 1. The number of hydrogen-bond donors (Lipinski definition) is 2. The smallest absolute Gasteiger partial charge is 0.327 e. The highest BCUT2D eigenvalue weighted by Crippen LogP contribution is 2.33. The largest absolute Gasteiger partial charge is 0.360 e. The molecule has 7 heteroatoms. The summed E-state index contributed by atoms with van der Waals surface area (Å²) in [5.74, 6) is 0.106. The molecule has 7 nitrogen and oxygen atoms in total. The average Bonchev–Trinajstić information content (AvgIpc) is 3.44. The number of benzene rings is 2. The number of likely N-dealkylation sites (tertiary alicyclic amines) is 2. The molecule has 170 valence electrons. The van der Waals surface area contributed by atoms with Crippen molar-refractivity contribution >= 4 is 27.8 Å². The summed E-state index contributed by atoms with van der Waals surface area (Å²) in [4.78, 5) is 36.9. The van der Waals surface area contributed by atoms with Crippen molar-refractivity contribution in [2.75, 3.05) is 19.6 Å². The summed E-state index contributed by atoms with van der Waals surface area (Å²) in [6.45, 7) is 2.49. The van der Waals surface area contributed by atoms with Crippen LogP contribution in [-0.4, -0.2) is 55.9 Å². The molecule has 0 saturated carbocycles. The third-order valence-electron chi connectivity index (χ3n) is 7.47. The first-order valence-electron chi connectivity index (χ1n) is 12.0. The van der Waals surface area contributed by atoms with Crippen LogP contribution in [0.4, 0.5) is 0 Å². The van der Waals surface area contributed by atoms with Crippen LogP contribution in [0.2, 0.25) is 0 Å². The lowest BCUT2D eigenvalue weighted by molar-refractivity contribution is 0.0182. The molecule has 2 saturated heterocycles. The molecule has 0 radical (unpaired) electrons. The minimum Gasteiger partial charge on any atom is -0.360 e. The lowest BCUT2D eigenvalue weighted by atomic mass is 9.97. The van der Waals surface area contributed by atoms with Crippen molar-refractivity contribution < 1.29 is 4.79 Å². The predicted octanol–water partition coefficient (Wildman–Crippen LogP) is 4.10. The van der Waals surface area contributed by atoms with Crippen LogP contribution in [0, 0.1) is 0 Å². The number of piperidine rings is 2. The van der Waals surface area contributed by atoms with E-state index in [1.807, 2.05) is 64.2 Å². The molecule has 33 heavy (non-hydrogen) atoms. The zero-order chi connectivity index (χ0) is 22.4. The molecule has 1 unspecified atom stereocenters. The predicted molar refractivity (Wildman–Crippen MR) is 129 cm³/mol. The van der Waals surface area contributed by atoms with E-state index in [-0.39, 0.29) is 17.8 Å². The zero-order valence-electron chi connectivity index (χ0n) is 18.7. The molecular formula is C26H29N5O2. The Balaban J connectivity index is 1.21. The van der Waals surface area contributed by atoms with E-state index in [4.69, 9.17) is 0 Å². The highest BCUT2D eigenvalue weighted by Gasteiger charge is 2.35. The summed E-state index contributed by atoms with van der Waals surface area (Å²) in [6.07, 6.45) is 7.04. The maximum Gasteiger partial charge on any atom is 0.327 e. The zero-order valence-corrected chi connectivity index (χ0v) is 18.7. The van der Waals surface area contributed by atoms with Crippen LogP contribution < -0.4 is 5.69 Å². The Kier molecular flexibility index (Phi) is 5.06. The van der Waals surface area contributed by atoms with Crippen LogP contribution in [0.3, 0.4) is 0 Å². The molecule has 0 spiro atoms. The first kappa shape index (κ1) is 20.3. The van der Waals surface area contributed by atoms with Gasteiger partial charge < -0.3 is 14.9 Å². The third kappa shape index (κ3) is 3.47. The summed E-state index contributed by atoms with van der Waals surface area (Å²) in [6, 6.07) is 16.3. The molecule has 4 heterocycles. The second-order valence-electron chi connectivity index (χ2n) is 9.30. The van der Waals surface area contributed by atoms with Gasteiger partial charge in [-0.1, -0.05) is 30.3 Å². The van der Waals surface area contributed by atoms with Gasteiger partial charge in [0.2, 0.25) is 0 Å². The van der Waals surface area contributed by atoms with Crippen LogP contribution in [-0.2, 0) is 0 Å². The Bertz CT molecular complexity index is 1360. The fourth-order valence-corrected chi connectivity index (χ4v) is 5.83. The van der Waals surface area contributed by atoms with Crippen molar-refractivity contribution in [2.24, 2.45) is 0 Å². The van der Waals surface area contributed by atoms with Crippen molar-refractivity contribution in [1.82, 2.24) is 24.3 Å². The molecule has 2 aliphatic rings. The summed E-state index contributed by atoms with van der Waals surface area (Å²) in [5, 5.41) is 0.986. The Morgan fingerprint density at radius 2 is 1.64 bits per heavy atom. The monoisotopic (exact) mass is 443 g/mol. The summed E-state index contributed by atoms with van der Waals surface area (Å²) in [5.41, 5.74) is 3.60. The van der Waals surface area contributed by atoms with E-state index in [0.717, 1.165) is 79.2 Å². The van der Waals surface area contributed by atoms with Gasteiger partial charge in [-0.25, -0.2) is 4.79 Å². The van der Waals surface area contributed by atoms with Crippen LogP contribution in [0.1, 0.15) is 48.6 Å². The van der Waals surface area contributed by atoms with Gasteiger partial charge in [-0.3, -0.25) is 14.3 Å². The number of aromatic nitrogens is 3. The lowest BCUT2D eigenvalue weighted by Crippen LogP contribution is -2.51. The lowest BCUT2D eigenvalue weighted by Gasteiger charge is -2.44. The number of aromatic amines is 2. The number of fused-ring (bicyclic) bond motifs is 2. The molecule has 2 aromatic heterocycles. The normalized spacial score (nSPS) is 20.6. The quantitative estimate of drug-likeness (QED) is 0.501. The second-order valence-corrected chi connectivity index (χ2v) is 9.30. The molecule has 0 aliphatic carbocycles. The minimum atomic E-state index is -0.0277. The molecule has 2 N–H and O–H groups in total. The Morgan fingerprint density at radius 3 is 2.48 bits per heavy atom. The van der Waals surface area contributed by atoms with E-state index in [1.54, 1.807) is 0 Å². The topological polar surface area (TPSA) is 77.1 Å². The molecular weight excluding hydrogens is 414 g/mol. The van der Waals surface area contributed by atoms with Gasteiger partial charge in [-0.15, -0.1) is 0 Å². The number of carbonyl (C=O) groups is 1. The molecule has 6 rings (SSSR count). The standard InChI is InChI=1S/C26H29N5O2/c32-25(20-17-27-21-8-2-1-7-19(20)21)29-15-12-18(13-16-29)30-14-6-5-11-24(30)31-23-10-4-3-9-22(23)28-26(31)33/h1-4,7-10,17-18,24,27H,5-6,11-16H2,(H,28,33). The summed E-state index contributed by atoms with van der Waals surface area (Å²) >= 11 is 0. The first-order chi connectivity index (χ1) is 16.2. The Hall–Kier alpha value is -3.32. The van der Waals surface area contributed by atoms with Gasteiger partial charge in [0.1, 0.15) is 0 Å². The van der Waals surface area contributed by atoms with Crippen molar-refractivity contribution in [2.45, 2.75) is 44.3 Å². The van der Waals surface area contributed by atoms with Gasteiger partial charge in [0.25, 0.3) is 5.91 Å². The highest BCUT2D eigenvalue weighted by atomic mass is 16.2. The number of para-hydroxylation sites is 3. The number of amides is 1. The summed E-state index contributed by atoms with van der Waals surface area (Å²) in [7, 11) is 0. The van der Waals surface area contributed by atoms with Gasteiger partial charge in [0.15, 0.2) is 0 Å². The van der Waals surface area contributed by atoms with E-state index < -0.39 is 0 Å². The van der Waals surface area contributed by atoms with E-state index in [1.165, 1.54) is 0 Å². The van der Waals surface area contributed by atoms with E-state index in [0.29, 0.717) is 6.04 Å². The highest BCUT2D eigenvalue weighted by molar-refractivity contribution is 6.06. The molecule has 1 amide bonds. The SMILES string of the molecule is O=C(c1c[nH]c2ccccc12)N1CCC(N2CCCCC2n2c(=O)[nH]c3ccccc32)CC1. The van der Waals surface area contributed by atoms with Crippen LogP contribution in [0.5, 0.6) is 0 Å². The van der Waals surface area contributed by atoms with Gasteiger partial charge in [0.05, 0.1) is 22.8 Å². The van der Waals surface area contributed by atoms with E-state index >= 15 is 0 Å². The number of H-pyrrole nitrogens is 2. The number of rotatable bonds is 3. The van der Waals surface area contributed by atoms with Crippen LogP contribution in [0.25, 0.3) is 21.9 Å². The summed E-state index contributed by atoms with van der Waals surface area (Å²) < 4.78 is 1.96. The number of nitrogens with zero attached hydrogens (tertiary/aromatic N) is 3. The van der Waals surface area contributed by atoms with Crippen molar-refractivity contribution in [3.05, 3.63) is 70.8 Å². The average molecular weight is 444 g/mol. The van der Waals surface area contributed by atoms with Crippen molar-refractivity contribution in [3.8, 4) is 0 Å². The molecule has 4 aromatic rings. The van der Waals surface area contributed by atoms with E-state index in [9.17, 15) is 9.59 Å². The molecule has 0 bridgehead atoms. The van der Waals surface area contributed by atoms with E-state index in [2.05, 4.69) is 14.9 Å². The fraction of sp³-hybridized carbons (Fsp3) is 0.385. The van der Waals surface area contributed by atoms with Crippen LogP contribution >= 0.6 is 0 Å². The van der Waals surface area contributed by atoms with Gasteiger partial charge in [0, 0.05) is 42.8 Å². The Labute approximate surface area is 192 Å². The third-order valence-corrected chi connectivity index (χ3v) is 7.47. The minimum absolute atomic E-state index is 0.0277. The van der Waals surface area contributed by atoms with Gasteiger partial charge in [-0.05, 0) is 50.3 Å². The molecule has 2 aromatic carbocycles. The van der Waals surface area contributed by atoms with Crippen molar-refractivity contribution in [1.29, 1.82) is 0 Å². The first-order valence-corrected chi connectivity index (χ1v) is 12.0. The number of imidazole rings is 1. The fourth-order valence-electron chi connectivity index (χ4n) is 5.83. The molecule has 1 atom stereocenters. The van der Waals surface area contributed by atoms with Crippen LogP contribution in [0.15, 0.2) is 59.5 Å². The molecule has 2 fully saturated rings. The maximum atomic E-state index is 13.2. The van der Waals surface area contributed by atoms with Crippen molar-refractivity contribution in [3.63, 3.8) is 0 Å². The van der Waals surface area contributed by atoms with Gasteiger partial charge >= 0.3 is 5.69 Å². The second kappa shape index (κ2) is 8.23. The molecule has 2 aliphatic heterocycles. The van der Waals surface area contributed by atoms with Gasteiger partial charge in [-0.2, -0.15) is 0 Å². The Morgan fingerprint density at radius 1 is 0.879 bits per heavy atom. The maximum absolute atomic E-state index is 13.2.